The minimum Gasteiger partial charge on any atom is -0.453 e. The topological polar surface area (TPSA) is 92.4 Å². The number of hydrogen-bond donors (Lipinski definition) is 1. The zero-order valence-corrected chi connectivity index (χ0v) is 22.2. The van der Waals surface area contributed by atoms with Crippen molar-refractivity contribution in [3.8, 4) is 12.1 Å². The number of nitriles is 2. The number of hydrogen-bond acceptors (Lipinski definition) is 6. The standard InChI is InChI=1S/C31H37N5O2/c1-38-30(37)34-29-9-5-8-28(29)31(22-33,25-6-3-2-4-7-25)26-14-16-35(17-15-26)19-24-20-36(21-24)27-12-10-23(18-32)11-13-27/h2-4,6-7,10-13,24,26,28-29H,5,8-9,14-17,19-21H2,1H3,(H,34,37)/t28-,29?,31-/m1/s1. The van der Waals surface area contributed by atoms with Crippen LogP contribution in [0.15, 0.2) is 54.6 Å². The molecule has 2 aromatic rings. The predicted molar refractivity (Wildman–Crippen MR) is 146 cm³/mol. The van der Waals surface area contributed by atoms with Gasteiger partial charge >= 0.3 is 6.09 Å². The number of nitrogens with zero attached hydrogens (tertiary/aromatic N) is 4. The normalized spacial score (nSPS) is 24.0. The van der Waals surface area contributed by atoms with Gasteiger partial charge in [-0.25, -0.2) is 4.79 Å². The Morgan fingerprint density at radius 3 is 2.37 bits per heavy atom. The van der Waals surface area contributed by atoms with E-state index in [2.05, 4.69) is 39.4 Å². The zero-order chi connectivity index (χ0) is 26.5. The van der Waals surface area contributed by atoms with E-state index in [4.69, 9.17) is 10.00 Å². The highest BCUT2D eigenvalue weighted by Gasteiger charge is 2.52. The van der Waals surface area contributed by atoms with Gasteiger partial charge in [-0.2, -0.15) is 10.5 Å². The highest BCUT2D eigenvalue weighted by Crippen LogP contribution is 2.50. The molecule has 0 aromatic heterocycles. The average molecular weight is 512 g/mol. The van der Waals surface area contributed by atoms with Crippen molar-refractivity contribution in [3.63, 3.8) is 0 Å². The van der Waals surface area contributed by atoms with Crippen LogP contribution in [-0.2, 0) is 10.2 Å². The van der Waals surface area contributed by atoms with E-state index in [9.17, 15) is 10.1 Å². The summed E-state index contributed by atoms with van der Waals surface area (Å²) in [5, 5.41) is 22.9. The molecule has 38 heavy (non-hydrogen) atoms. The van der Waals surface area contributed by atoms with E-state index in [1.54, 1.807) is 0 Å². The second kappa shape index (κ2) is 11.5. The third-order valence-electron chi connectivity index (χ3n) is 9.09. The van der Waals surface area contributed by atoms with Gasteiger partial charge in [-0.15, -0.1) is 0 Å². The smallest absolute Gasteiger partial charge is 0.407 e. The molecular weight excluding hydrogens is 474 g/mol. The molecule has 1 unspecified atom stereocenters. The van der Waals surface area contributed by atoms with Crippen molar-refractivity contribution in [1.82, 2.24) is 10.2 Å². The van der Waals surface area contributed by atoms with Gasteiger partial charge in [0, 0.05) is 43.2 Å². The lowest BCUT2D eigenvalue weighted by atomic mass is 9.59. The fourth-order valence-electron chi connectivity index (χ4n) is 7.17. The Morgan fingerprint density at radius 1 is 1.03 bits per heavy atom. The van der Waals surface area contributed by atoms with Crippen LogP contribution in [0.5, 0.6) is 0 Å². The highest BCUT2D eigenvalue weighted by atomic mass is 16.5. The molecule has 1 aliphatic carbocycles. The number of carbonyl (C=O) groups is 1. The molecule has 2 aromatic carbocycles. The molecule has 1 saturated carbocycles. The van der Waals surface area contributed by atoms with Crippen molar-refractivity contribution in [2.75, 3.05) is 44.7 Å². The van der Waals surface area contributed by atoms with E-state index in [1.165, 1.54) is 12.8 Å². The first-order valence-electron chi connectivity index (χ1n) is 13.9. The Morgan fingerprint density at radius 2 is 1.74 bits per heavy atom. The second-order valence-electron chi connectivity index (χ2n) is 11.1. The fourth-order valence-corrected chi connectivity index (χ4v) is 7.17. The van der Waals surface area contributed by atoms with E-state index in [1.807, 2.05) is 42.5 Å². The van der Waals surface area contributed by atoms with Crippen molar-refractivity contribution < 1.29 is 9.53 Å². The van der Waals surface area contributed by atoms with Crippen LogP contribution in [0.4, 0.5) is 10.5 Å². The second-order valence-corrected chi connectivity index (χ2v) is 11.1. The summed E-state index contributed by atoms with van der Waals surface area (Å²) in [7, 11) is 1.40. The first-order valence-corrected chi connectivity index (χ1v) is 13.9. The van der Waals surface area contributed by atoms with Crippen molar-refractivity contribution in [1.29, 1.82) is 10.5 Å². The number of likely N-dealkylation sites (tertiary alicyclic amines) is 1. The summed E-state index contributed by atoms with van der Waals surface area (Å²) in [6.45, 7) is 5.16. The number of carbonyl (C=O) groups excluding carboxylic acids is 1. The summed E-state index contributed by atoms with van der Waals surface area (Å²) in [5.41, 5.74) is 2.34. The molecule has 3 fully saturated rings. The van der Waals surface area contributed by atoms with Crippen LogP contribution in [0.1, 0.15) is 43.2 Å². The van der Waals surface area contributed by atoms with Gasteiger partial charge in [0.05, 0.1) is 30.2 Å². The molecule has 2 aliphatic heterocycles. The van der Waals surface area contributed by atoms with Crippen LogP contribution in [0.2, 0.25) is 0 Å². The fraction of sp³-hybridized carbons (Fsp3) is 0.516. The third-order valence-corrected chi connectivity index (χ3v) is 9.09. The van der Waals surface area contributed by atoms with Crippen LogP contribution in [0.25, 0.3) is 0 Å². The number of ether oxygens (including phenoxy) is 1. The van der Waals surface area contributed by atoms with Crippen molar-refractivity contribution >= 4 is 11.8 Å². The van der Waals surface area contributed by atoms with E-state index in [0.29, 0.717) is 11.5 Å². The minimum atomic E-state index is -0.627. The molecule has 3 atom stereocenters. The average Bonchev–Trinajstić information content (AvgIpc) is 3.41. The van der Waals surface area contributed by atoms with Gasteiger partial charge in [-0.1, -0.05) is 36.8 Å². The van der Waals surface area contributed by atoms with E-state index < -0.39 is 11.5 Å². The number of methoxy groups -OCH3 is 1. The molecule has 2 heterocycles. The molecule has 0 spiro atoms. The van der Waals surface area contributed by atoms with Crippen molar-refractivity contribution in [2.45, 2.75) is 43.6 Å². The molecular formula is C31H37N5O2. The van der Waals surface area contributed by atoms with Gasteiger partial charge in [0.15, 0.2) is 0 Å². The Kier molecular flexibility index (Phi) is 7.86. The molecule has 5 rings (SSSR count). The lowest BCUT2D eigenvalue weighted by molar-refractivity contribution is 0.0939. The lowest BCUT2D eigenvalue weighted by Gasteiger charge is -2.48. The quantitative estimate of drug-likeness (QED) is 0.580. The Balaban J connectivity index is 1.24. The third kappa shape index (κ3) is 5.08. The molecule has 198 valence electrons. The Labute approximate surface area is 226 Å². The minimum absolute atomic E-state index is 0.0523. The highest BCUT2D eigenvalue weighted by molar-refractivity contribution is 5.67. The summed E-state index contributed by atoms with van der Waals surface area (Å²) in [6.07, 6.45) is 4.38. The van der Waals surface area contributed by atoms with Gasteiger partial charge in [0.1, 0.15) is 0 Å². The van der Waals surface area contributed by atoms with Crippen molar-refractivity contribution in [3.05, 3.63) is 65.7 Å². The number of benzene rings is 2. The Hall–Kier alpha value is -3.55. The maximum absolute atomic E-state index is 12.1. The molecule has 1 N–H and O–H groups in total. The predicted octanol–water partition coefficient (Wildman–Crippen LogP) is 4.69. The number of amides is 1. The monoisotopic (exact) mass is 511 g/mol. The summed E-state index contributed by atoms with van der Waals surface area (Å²) < 4.78 is 4.92. The number of rotatable bonds is 7. The largest absolute Gasteiger partial charge is 0.453 e. The zero-order valence-electron chi connectivity index (χ0n) is 22.2. The molecule has 0 bridgehead atoms. The van der Waals surface area contributed by atoms with E-state index >= 15 is 0 Å². The molecule has 1 amide bonds. The number of anilines is 1. The number of alkyl carbamates (subject to hydrolysis) is 1. The van der Waals surface area contributed by atoms with Gasteiger partial charge < -0.3 is 19.9 Å². The summed E-state index contributed by atoms with van der Waals surface area (Å²) in [5.74, 6) is 0.950. The molecule has 2 saturated heterocycles. The Bertz CT molecular complexity index is 1170. The summed E-state index contributed by atoms with van der Waals surface area (Å²) in [6, 6.07) is 23.1. The van der Waals surface area contributed by atoms with Crippen LogP contribution >= 0.6 is 0 Å². The molecule has 7 nitrogen and oxygen atoms in total. The summed E-state index contributed by atoms with van der Waals surface area (Å²) in [4.78, 5) is 17.1. The summed E-state index contributed by atoms with van der Waals surface area (Å²) >= 11 is 0. The van der Waals surface area contributed by atoms with Gasteiger partial charge in [-0.05, 0) is 74.5 Å². The lowest BCUT2D eigenvalue weighted by Crippen LogP contribution is -2.55. The van der Waals surface area contributed by atoms with Gasteiger partial charge in [-0.3, -0.25) is 0 Å². The molecule has 0 radical (unpaired) electrons. The number of piperidine rings is 1. The maximum Gasteiger partial charge on any atom is 0.407 e. The van der Waals surface area contributed by atoms with Crippen LogP contribution in [0, 0.1) is 40.4 Å². The van der Waals surface area contributed by atoms with E-state index in [0.717, 1.165) is 70.4 Å². The number of nitrogens with one attached hydrogen (secondary N) is 1. The van der Waals surface area contributed by atoms with Crippen molar-refractivity contribution in [2.24, 2.45) is 17.8 Å². The van der Waals surface area contributed by atoms with Crippen LogP contribution < -0.4 is 10.2 Å². The molecule has 3 aliphatic rings. The van der Waals surface area contributed by atoms with E-state index in [-0.39, 0.29) is 17.9 Å². The van der Waals surface area contributed by atoms with Crippen LogP contribution in [0.3, 0.4) is 0 Å². The SMILES string of the molecule is COC(=O)NC1CCC[C@H]1[C@](C#N)(c1ccccc1)C1CCN(CC2CN(c3ccc(C#N)cc3)C2)CC1. The van der Waals surface area contributed by atoms with Gasteiger partial charge in [0.25, 0.3) is 0 Å². The molecule has 7 heteroatoms. The van der Waals surface area contributed by atoms with Gasteiger partial charge in [0.2, 0.25) is 0 Å². The maximum atomic E-state index is 12.1. The first-order chi connectivity index (χ1) is 18.6. The van der Waals surface area contributed by atoms with Crippen LogP contribution in [-0.4, -0.2) is 56.9 Å². The first kappa shape index (κ1) is 26.1.